The quantitative estimate of drug-likeness (QED) is 0.502. The number of hydrogen-bond donors (Lipinski definition) is 2. The Labute approximate surface area is 152 Å². The van der Waals surface area contributed by atoms with E-state index in [9.17, 15) is 9.18 Å². The molecule has 3 aromatic rings. The fraction of sp³-hybridized carbons (Fsp3) is 0.176. The Bertz CT molecular complexity index is 897. The number of thiazole rings is 1. The van der Waals surface area contributed by atoms with Crippen LogP contribution in [0.5, 0.6) is 5.75 Å². The molecule has 0 saturated carbocycles. The monoisotopic (exact) mass is 377 g/mol. The van der Waals surface area contributed by atoms with Crippen LogP contribution in [0.25, 0.3) is 10.2 Å². The third-order valence-corrected chi connectivity index (χ3v) is 5.53. The number of hydrazine groups is 1. The molecule has 130 valence electrons. The maximum Gasteiger partial charge on any atom is 0.248 e. The maximum atomic E-state index is 12.9. The molecule has 1 heterocycles. The zero-order valence-corrected chi connectivity index (χ0v) is 15.3. The van der Waals surface area contributed by atoms with Crippen molar-refractivity contribution in [1.82, 2.24) is 10.4 Å². The van der Waals surface area contributed by atoms with E-state index in [0.29, 0.717) is 10.9 Å². The average molecular weight is 377 g/mol. The van der Waals surface area contributed by atoms with Gasteiger partial charge in [0.05, 0.1) is 17.6 Å². The molecule has 0 aliphatic heterocycles. The van der Waals surface area contributed by atoms with Gasteiger partial charge >= 0.3 is 0 Å². The van der Waals surface area contributed by atoms with Crippen LogP contribution in [0.4, 0.5) is 9.52 Å². The second kappa shape index (κ2) is 7.71. The Kier molecular flexibility index (Phi) is 5.40. The van der Waals surface area contributed by atoms with Crippen LogP contribution in [0.2, 0.25) is 0 Å². The van der Waals surface area contributed by atoms with Crippen molar-refractivity contribution in [1.29, 1.82) is 0 Å². The summed E-state index contributed by atoms with van der Waals surface area (Å²) >= 11 is 2.78. The van der Waals surface area contributed by atoms with Crippen LogP contribution < -0.4 is 15.6 Å². The molecule has 25 heavy (non-hydrogen) atoms. The van der Waals surface area contributed by atoms with Crippen LogP contribution in [0.1, 0.15) is 5.56 Å². The SMILES string of the molecule is COc1ccc(C)c2sc(NNC(=O)CSc3ccc(F)cc3)nc12. The van der Waals surface area contributed by atoms with Gasteiger partial charge < -0.3 is 4.74 Å². The molecule has 3 rings (SSSR count). The Morgan fingerprint density at radius 3 is 2.76 bits per heavy atom. The highest BCUT2D eigenvalue weighted by atomic mass is 32.2. The van der Waals surface area contributed by atoms with E-state index >= 15 is 0 Å². The summed E-state index contributed by atoms with van der Waals surface area (Å²) in [5.41, 5.74) is 7.32. The summed E-state index contributed by atoms with van der Waals surface area (Å²) in [7, 11) is 1.60. The number of anilines is 1. The van der Waals surface area contributed by atoms with E-state index in [1.54, 1.807) is 19.2 Å². The number of rotatable bonds is 6. The largest absolute Gasteiger partial charge is 0.494 e. The molecule has 2 N–H and O–H groups in total. The highest BCUT2D eigenvalue weighted by Gasteiger charge is 2.11. The smallest absolute Gasteiger partial charge is 0.248 e. The molecule has 1 amide bonds. The van der Waals surface area contributed by atoms with Gasteiger partial charge in [-0.2, -0.15) is 0 Å². The zero-order chi connectivity index (χ0) is 17.8. The summed E-state index contributed by atoms with van der Waals surface area (Å²) < 4.78 is 19.2. The van der Waals surface area contributed by atoms with Crippen LogP contribution in [0, 0.1) is 12.7 Å². The number of amides is 1. The summed E-state index contributed by atoms with van der Waals surface area (Å²) in [5, 5.41) is 0.586. The molecular weight excluding hydrogens is 361 g/mol. The lowest BCUT2D eigenvalue weighted by atomic mass is 10.2. The second-order valence-electron chi connectivity index (χ2n) is 5.20. The predicted octanol–water partition coefficient (Wildman–Crippen LogP) is 3.99. The average Bonchev–Trinajstić information content (AvgIpc) is 3.05. The van der Waals surface area contributed by atoms with Crippen LogP contribution in [0.3, 0.4) is 0 Å². The van der Waals surface area contributed by atoms with Crippen LogP contribution in [-0.4, -0.2) is 23.8 Å². The van der Waals surface area contributed by atoms with Gasteiger partial charge in [-0.05, 0) is 42.8 Å². The summed E-state index contributed by atoms with van der Waals surface area (Å²) in [5.74, 6) is 0.420. The first kappa shape index (κ1) is 17.5. The number of nitrogens with one attached hydrogen (secondary N) is 2. The van der Waals surface area contributed by atoms with E-state index in [0.717, 1.165) is 20.7 Å². The van der Waals surface area contributed by atoms with Gasteiger partial charge in [0.25, 0.3) is 0 Å². The van der Waals surface area contributed by atoms with Crippen molar-refractivity contribution in [3.63, 3.8) is 0 Å². The van der Waals surface area contributed by atoms with Crippen molar-refractivity contribution >= 4 is 44.4 Å². The number of nitrogens with zero attached hydrogens (tertiary/aromatic N) is 1. The fourth-order valence-electron chi connectivity index (χ4n) is 2.17. The first-order valence-corrected chi connectivity index (χ1v) is 9.24. The lowest BCUT2D eigenvalue weighted by molar-refractivity contribution is -0.118. The Morgan fingerprint density at radius 1 is 1.28 bits per heavy atom. The first-order valence-electron chi connectivity index (χ1n) is 7.44. The van der Waals surface area contributed by atoms with E-state index in [1.165, 1.54) is 35.2 Å². The van der Waals surface area contributed by atoms with Crippen molar-refractivity contribution in [3.05, 3.63) is 47.8 Å². The Hall–Kier alpha value is -2.32. The minimum absolute atomic E-state index is 0.197. The molecule has 2 aromatic carbocycles. The standard InChI is InChI=1S/C17H16FN3O2S2/c1-10-3-8-13(23-2)15-16(10)25-17(19-15)21-20-14(22)9-24-12-6-4-11(18)5-7-12/h3-8H,9H2,1-2H3,(H,19,21)(H,20,22). The predicted molar refractivity (Wildman–Crippen MR) is 99.8 cm³/mol. The van der Waals surface area contributed by atoms with Gasteiger partial charge in [0.1, 0.15) is 17.1 Å². The number of benzene rings is 2. The lowest BCUT2D eigenvalue weighted by Crippen LogP contribution is -2.30. The van der Waals surface area contributed by atoms with E-state index in [-0.39, 0.29) is 17.5 Å². The number of aromatic nitrogens is 1. The number of ether oxygens (including phenoxy) is 1. The number of carbonyl (C=O) groups excluding carboxylic acids is 1. The van der Waals surface area contributed by atoms with E-state index in [1.807, 2.05) is 19.1 Å². The van der Waals surface area contributed by atoms with Crippen molar-refractivity contribution in [3.8, 4) is 5.75 Å². The molecule has 0 fully saturated rings. The molecule has 0 spiro atoms. The number of hydrogen-bond acceptors (Lipinski definition) is 6. The number of aryl methyl sites for hydroxylation is 1. The number of fused-ring (bicyclic) bond motifs is 1. The molecule has 8 heteroatoms. The molecule has 0 unspecified atom stereocenters. The first-order chi connectivity index (χ1) is 12.1. The van der Waals surface area contributed by atoms with Gasteiger partial charge in [0.2, 0.25) is 11.0 Å². The minimum atomic E-state index is -0.294. The van der Waals surface area contributed by atoms with Gasteiger partial charge in [-0.1, -0.05) is 17.4 Å². The molecule has 0 radical (unpaired) electrons. The van der Waals surface area contributed by atoms with Crippen LogP contribution in [0.15, 0.2) is 41.3 Å². The summed E-state index contributed by atoms with van der Waals surface area (Å²) in [6.07, 6.45) is 0. The molecule has 0 aliphatic rings. The number of halogens is 1. The second-order valence-corrected chi connectivity index (χ2v) is 7.25. The van der Waals surface area contributed by atoms with Gasteiger partial charge in [0.15, 0.2) is 0 Å². The summed E-state index contributed by atoms with van der Waals surface area (Å²) in [6.45, 7) is 2.00. The van der Waals surface area contributed by atoms with Crippen molar-refractivity contribution in [2.75, 3.05) is 18.3 Å². The van der Waals surface area contributed by atoms with E-state index < -0.39 is 0 Å². The van der Waals surface area contributed by atoms with E-state index in [4.69, 9.17) is 4.74 Å². The molecule has 0 bridgehead atoms. The zero-order valence-electron chi connectivity index (χ0n) is 13.6. The number of carbonyl (C=O) groups is 1. The fourth-order valence-corrected chi connectivity index (χ4v) is 3.77. The number of thioether (sulfide) groups is 1. The molecular formula is C17H16FN3O2S2. The highest BCUT2D eigenvalue weighted by Crippen LogP contribution is 2.34. The Balaban J connectivity index is 1.59. The normalized spacial score (nSPS) is 10.7. The van der Waals surface area contributed by atoms with Crippen LogP contribution >= 0.6 is 23.1 Å². The molecule has 0 atom stereocenters. The van der Waals surface area contributed by atoms with Gasteiger partial charge in [-0.15, -0.1) is 11.8 Å². The van der Waals surface area contributed by atoms with Gasteiger partial charge in [0, 0.05) is 4.90 Å². The topological polar surface area (TPSA) is 63.2 Å². The number of methoxy groups -OCH3 is 1. The molecule has 1 aromatic heterocycles. The lowest BCUT2D eigenvalue weighted by Gasteiger charge is -2.05. The van der Waals surface area contributed by atoms with Gasteiger partial charge in [-0.25, -0.2) is 9.37 Å². The minimum Gasteiger partial charge on any atom is -0.494 e. The van der Waals surface area contributed by atoms with Crippen molar-refractivity contribution in [2.45, 2.75) is 11.8 Å². The summed E-state index contributed by atoms with van der Waals surface area (Å²) in [4.78, 5) is 17.2. The molecule has 5 nitrogen and oxygen atoms in total. The maximum absolute atomic E-state index is 12.9. The third kappa shape index (κ3) is 4.21. The van der Waals surface area contributed by atoms with E-state index in [2.05, 4.69) is 15.8 Å². The molecule has 0 saturated heterocycles. The van der Waals surface area contributed by atoms with Crippen LogP contribution in [-0.2, 0) is 4.79 Å². The van der Waals surface area contributed by atoms with Gasteiger partial charge in [-0.3, -0.25) is 15.6 Å². The third-order valence-electron chi connectivity index (χ3n) is 3.42. The van der Waals surface area contributed by atoms with Crippen molar-refractivity contribution in [2.24, 2.45) is 0 Å². The van der Waals surface area contributed by atoms with Crippen molar-refractivity contribution < 1.29 is 13.9 Å². The highest BCUT2D eigenvalue weighted by molar-refractivity contribution is 8.00. The Morgan fingerprint density at radius 2 is 2.04 bits per heavy atom. The summed E-state index contributed by atoms with van der Waals surface area (Å²) in [6, 6.07) is 9.87. The molecule has 0 aliphatic carbocycles.